The van der Waals surface area contributed by atoms with Crippen LogP contribution in [0.3, 0.4) is 0 Å². The van der Waals surface area contributed by atoms with Crippen LogP contribution in [0.15, 0.2) is 67.0 Å². The molecule has 30 heavy (non-hydrogen) atoms. The summed E-state index contributed by atoms with van der Waals surface area (Å²) in [5, 5.41) is 0. The lowest BCUT2D eigenvalue weighted by Crippen LogP contribution is -2.48. The van der Waals surface area contributed by atoms with Crippen LogP contribution >= 0.6 is 0 Å². The van der Waals surface area contributed by atoms with E-state index in [1.54, 1.807) is 19.3 Å². The Bertz CT molecular complexity index is 1040. The van der Waals surface area contributed by atoms with Gasteiger partial charge < -0.3 is 9.80 Å². The summed E-state index contributed by atoms with van der Waals surface area (Å²) in [4.78, 5) is 19.7. The fourth-order valence-corrected chi connectivity index (χ4v) is 3.69. The first-order chi connectivity index (χ1) is 14.6. The summed E-state index contributed by atoms with van der Waals surface area (Å²) in [6.07, 6.45) is 7.32. The topological polar surface area (TPSA) is 36.4 Å². The van der Waals surface area contributed by atoms with E-state index in [1.165, 1.54) is 12.1 Å². The van der Waals surface area contributed by atoms with Crippen molar-refractivity contribution in [3.05, 3.63) is 83.9 Å². The summed E-state index contributed by atoms with van der Waals surface area (Å²) >= 11 is 0. The van der Waals surface area contributed by atoms with Crippen LogP contribution in [-0.2, 0) is 4.79 Å². The highest BCUT2D eigenvalue weighted by Crippen LogP contribution is 2.23. The Morgan fingerprint density at radius 3 is 2.20 bits per heavy atom. The first-order valence-corrected chi connectivity index (χ1v) is 10.1. The van der Waals surface area contributed by atoms with Crippen LogP contribution in [0.2, 0.25) is 0 Å². The molecule has 4 rings (SSSR count). The van der Waals surface area contributed by atoms with Crippen LogP contribution in [0.5, 0.6) is 0 Å². The van der Waals surface area contributed by atoms with E-state index in [1.807, 2.05) is 35.3 Å². The molecule has 5 heteroatoms. The molecule has 1 saturated heterocycles. The number of halogens is 1. The highest BCUT2D eigenvalue weighted by Gasteiger charge is 2.18. The smallest absolute Gasteiger partial charge is 0.219 e. The number of nitrogens with zero attached hydrogens (tertiary/aromatic N) is 3. The van der Waals surface area contributed by atoms with Gasteiger partial charge in [0.1, 0.15) is 5.82 Å². The fourth-order valence-electron chi connectivity index (χ4n) is 3.69. The van der Waals surface area contributed by atoms with Gasteiger partial charge >= 0.3 is 0 Å². The van der Waals surface area contributed by atoms with Crippen LogP contribution < -0.4 is 4.90 Å². The minimum atomic E-state index is -0.260. The second kappa shape index (κ2) is 8.91. The molecule has 0 bridgehead atoms. The maximum Gasteiger partial charge on any atom is 0.219 e. The lowest BCUT2D eigenvalue weighted by molar-refractivity contribution is -0.129. The van der Waals surface area contributed by atoms with Gasteiger partial charge in [-0.3, -0.25) is 9.78 Å². The molecule has 1 aromatic heterocycles. The fraction of sp³-hybridized carbons (Fsp3) is 0.200. The van der Waals surface area contributed by atoms with Gasteiger partial charge in [-0.25, -0.2) is 4.39 Å². The molecule has 0 spiro atoms. The quantitative estimate of drug-likeness (QED) is 0.593. The Morgan fingerprint density at radius 2 is 1.53 bits per heavy atom. The maximum absolute atomic E-state index is 14.1. The highest BCUT2D eigenvalue weighted by molar-refractivity contribution is 5.75. The van der Waals surface area contributed by atoms with Gasteiger partial charge in [0.25, 0.3) is 0 Å². The second-order valence-electron chi connectivity index (χ2n) is 7.43. The predicted molar refractivity (Wildman–Crippen MR) is 119 cm³/mol. The molecule has 1 fully saturated rings. The Kier molecular flexibility index (Phi) is 5.89. The molecule has 1 aliphatic rings. The minimum Gasteiger partial charge on any atom is -0.368 e. The molecule has 0 atom stereocenters. The van der Waals surface area contributed by atoms with Gasteiger partial charge in [0.2, 0.25) is 5.91 Å². The molecular weight excluding hydrogens is 377 g/mol. The molecule has 0 N–H and O–H groups in total. The van der Waals surface area contributed by atoms with Crippen molar-refractivity contribution in [1.82, 2.24) is 9.88 Å². The lowest BCUT2D eigenvalue weighted by Gasteiger charge is -2.35. The monoisotopic (exact) mass is 401 g/mol. The summed E-state index contributed by atoms with van der Waals surface area (Å²) in [5.41, 5.74) is 4.79. The third-order valence-electron chi connectivity index (χ3n) is 5.39. The minimum absolute atomic E-state index is 0.138. The Morgan fingerprint density at radius 1 is 0.867 bits per heavy atom. The average molecular weight is 401 g/mol. The third-order valence-corrected chi connectivity index (χ3v) is 5.39. The third kappa shape index (κ3) is 4.74. The van der Waals surface area contributed by atoms with Gasteiger partial charge in [0, 0.05) is 51.2 Å². The van der Waals surface area contributed by atoms with Crippen LogP contribution in [-0.4, -0.2) is 42.0 Å². The molecule has 152 valence electrons. The van der Waals surface area contributed by atoms with Crippen molar-refractivity contribution in [3.63, 3.8) is 0 Å². The van der Waals surface area contributed by atoms with Crippen molar-refractivity contribution in [2.24, 2.45) is 0 Å². The summed E-state index contributed by atoms with van der Waals surface area (Å²) < 4.78 is 14.1. The molecule has 2 aromatic carbocycles. The standard InChI is InChI=1S/C25H24FN3O/c1-19(30)28-12-14-29(15-13-28)25-6-4-20(5-7-25)2-3-21-16-23(18-24(26)17-21)22-8-10-27-11-9-22/h2-11,16-18H,12-15H2,1H3. The number of hydrogen-bond acceptors (Lipinski definition) is 3. The van der Waals surface area contributed by atoms with Gasteiger partial charge in [-0.05, 0) is 64.7 Å². The van der Waals surface area contributed by atoms with Crippen molar-refractivity contribution in [2.45, 2.75) is 6.92 Å². The molecule has 2 heterocycles. The summed E-state index contributed by atoms with van der Waals surface area (Å²) in [6.45, 7) is 4.83. The Balaban J connectivity index is 1.45. The number of anilines is 1. The van der Waals surface area contributed by atoms with Gasteiger partial charge in [-0.1, -0.05) is 24.3 Å². The zero-order chi connectivity index (χ0) is 20.9. The van der Waals surface area contributed by atoms with E-state index in [2.05, 4.69) is 34.1 Å². The second-order valence-corrected chi connectivity index (χ2v) is 7.43. The van der Waals surface area contributed by atoms with E-state index in [0.29, 0.717) is 0 Å². The number of amides is 1. The number of benzene rings is 2. The van der Waals surface area contributed by atoms with Crippen LogP contribution in [0.4, 0.5) is 10.1 Å². The molecule has 0 aliphatic carbocycles. The first kappa shape index (κ1) is 19.8. The van der Waals surface area contributed by atoms with E-state index in [4.69, 9.17) is 0 Å². The Labute approximate surface area is 176 Å². The number of rotatable bonds is 4. The molecule has 3 aromatic rings. The van der Waals surface area contributed by atoms with Crippen molar-refractivity contribution in [3.8, 4) is 11.1 Å². The Hall–Kier alpha value is -3.47. The zero-order valence-electron chi connectivity index (χ0n) is 17.0. The predicted octanol–water partition coefficient (Wildman–Crippen LogP) is 4.73. The highest BCUT2D eigenvalue weighted by atomic mass is 19.1. The number of aromatic nitrogens is 1. The van der Waals surface area contributed by atoms with Crippen molar-refractivity contribution in [1.29, 1.82) is 0 Å². The molecule has 1 amide bonds. The number of pyridine rings is 1. The average Bonchev–Trinajstić information content (AvgIpc) is 2.78. The van der Waals surface area contributed by atoms with E-state index in [0.717, 1.165) is 54.1 Å². The van der Waals surface area contributed by atoms with Crippen molar-refractivity contribution >= 4 is 23.7 Å². The van der Waals surface area contributed by atoms with Gasteiger partial charge in [-0.2, -0.15) is 0 Å². The molecular formula is C25H24FN3O. The summed E-state index contributed by atoms with van der Waals surface area (Å²) in [5.74, 6) is -0.122. The molecule has 0 saturated carbocycles. The molecule has 1 aliphatic heterocycles. The number of piperazine rings is 1. The summed E-state index contributed by atoms with van der Waals surface area (Å²) in [7, 11) is 0. The van der Waals surface area contributed by atoms with E-state index < -0.39 is 0 Å². The van der Waals surface area contributed by atoms with Crippen LogP contribution in [0.25, 0.3) is 23.3 Å². The molecule has 4 nitrogen and oxygen atoms in total. The van der Waals surface area contributed by atoms with Crippen molar-refractivity contribution < 1.29 is 9.18 Å². The largest absolute Gasteiger partial charge is 0.368 e. The number of carbonyl (C=O) groups is 1. The van der Waals surface area contributed by atoms with Crippen molar-refractivity contribution in [2.75, 3.05) is 31.1 Å². The van der Waals surface area contributed by atoms with E-state index in [9.17, 15) is 9.18 Å². The maximum atomic E-state index is 14.1. The zero-order valence-corrected chi connectivity index (χ0v) is 17.0. The normalized spacial score (nSPS) is 14.3. The lowest BCUT2D eigenvalue weighted by atomic mass is 10.0. The van der Waals surface area contributed by atoms with E-state index >= 15 is 0 Å². The van der Waals surface area contributed by atoms with Crippen LogP contribution in [0.1, 0.15) is 18.1 Å². The first-order valence-electron chi connectivity index (χ1n) is 10.1. The summed E-state index contributed by atoms with van der Waals surface area (Å²) in [6, 6.07) is 17.1. The van der Waals surface area contributed by atoms with Gasteiger partial charge in [0.15, 0.2) is 0 Å². The van der Waals surface area contributed by atoms with E-state index in [-0.39, 0.29) is 11.7 Å². The van der Waals surface area contributed by atoms with Gasteiger partial charge in [0.05, 0.1) is 0 Å². The molecule has 0 unspecified atom stereocenters. The van der Waals surface area contributed by atoms with Gasteiger partial charge in [-0.15, -0.1) is 0 Å². The van der Waals surface area contributed by atoms with Crippen LogP contribution in [0, 0.1) is 5.82 Å². The SMILES string of the molecule is CC(=O)N1CCN(c2ccc(C=Cc3cc(F)cc(-c4ccncc4)c3)cc2)CC1. The number of carbonyl (C=O) groups excluding carboxylic acids is 1. The number of hydrogen-bond donors (Lipinski definition) is 0. The molecule has 0 radical (unpaired) electrons.